The smallest absolute Gasteiger partial charge is 0.123 e. The van der Waals surface area contributed by atoms with Crippen LogP contribution < -0.4 is 0 Å². The molecule has 2 aliphatic rings. The maximum Gasteiger partial charge on any atom is 0.123 e. The van der Waals surface area contributed by atoms with E-state index in [1.807, 2.05) is 12.1 Å². The van der Waals surface area contributed by atoms with Crippen LogP contribution in [0.1, 0.15) is 69.3 Å². The van der Waals surface area contributed by atoms with Crippen molar-refractivity contribution in [2.45, 2.75) is 63.7 Å². The van der Waals surface area contributed by atoms with Gasteiger partial charge < -0.3 is 0 Å². The molecule has 0 aliphatic heterocycles. The fourth-order valence-corrected chi connectivity index (χ4v) is 4.80. The molecule has 3 rings (SSSR count). The molecule has 0 bridgehead atoms. The van der Waals surface area contributed by atoms with Gasteiger partial charge in [0.1, 0.15) is 5.82 Å². The summed E-state index contributed by atoms with van der Waals surface area (Å²) in [6.07, 6.45) is 13.6. The van der Waals surface area contributed by atoms with Crippen LogP contribution in [0.15, 0.2) is 36.7 Å². The largest absolute Gasteiger partial charge is 0.216 e. The van der Waals surface area contributed by atoms with Crippen LogP contribution in [-0.2, 0) is 0 Å². The van der Waals surface area contributed by atoms with Gasteiger partial charge in [-0.25, -0.2) is 8.78 Å². The summed E-state index contributed by atoms with van der Waals surface area (Å²) in [5.74, 6) is 2.95. The first-order valence-corrected chi connectivity index (χ1v) is 9.27. The van der Waals surface area contributed by atoms with Crippen LogP contribution in [0.4, 0.5) is 8.78 Å². The van der Waals surface area contributed by atoms with Crippen molar-refractivity contribution in [2.75, 3.05) is 0 Å². The first-order valence-electron chi connectivity index (χ1n) is 9.27. The number of benzene rings is 1. The second-order valence-corrected chi connectivity index (χ2v) is 7.54. The Morgan fingerprint density at radius 3 is 1.96 bits per heavy atom. The predicted octanol–water partition coefficient (Wildman–Crippen LogP) is 6.78. The molecule has 0 aromatic heterocycles. The molecule has 0 nitrogen and oxygen atoms in total. The van der Waals surface area contributed by atoms with Crippen LogP contribution in [0.25, 0.3) is 0 Å². The van der Waals surface area contributed by atoms with Crippen LogP contribution in [-0.4, -0.2) is 0 Å². The summed E-state index contributed by atoms with van der Waals surface area (Å²) in [6.45, 7) is 0. The highest BCUT2D eigenvalue weighted by Crippen LogP contribution is 2.44. The number of allylic oxidation sites excluding steroid dienone is 1. The molecule has 0 spiro atoms. The Labute approximate surface area is 139 Å². The first kappa shape index (κ1) is 16.7. The topological polar surface area (TPSA) is 0 Å². The number of halogens is 2. The molecule has 2 fully saturated rings. The van der Waals surface area contributed by atoms with E-state index in [0.29, 0.717) is 18.2 Å². The van der Waals surface area contributed by atoms with E-state index >= 15 is 0 Å². The maximum atomic E-state index is 13.0. The minimum Gasteiger partial charge on any atom is -0.216 e. The van der Waals surface area contributed by atoms with Crippen LogP contribution in [0.3, 0.4) is 0 Å². The van der Waals surface area contributed by atoms with E-state index in [4.69, 9.17) is 0 Å². The van der Waals surface area contributed by atoms with Gasteiger partial charge in [-0.1, -0.05) is 18.2 Å². The zero-order chi connectivity index (χ0) is 16.1. The standard InChI is InChI=1S/C21H28F2/c22-15-1-2-16-3-5-17(6-4-16)18-7-9-19(10-8-18)20-11-13-21(23)14-12-20/h1,11-19H,2-10H2/b15-1+. The molecular weight excluding hydrogens is 290 g/mol. The van der Waals surface area contributed by atoms with E-state index in [2.05, 4.69) is 0 Å². The van der Waals surface area contributed by atoms with Crippen molar-refractivity contribution in [3.63, 3.8) is 0 Å². The second-order valence-electron chi connectivity index (χ2n) is 7.54. The Balaban J connectivity index is 1.45. The third-order valence-corrected chi connectivity index (χ3v) is 6.23. The van der Waals surface area contributed by atoms with Crippen molar-refractivity contribution in [1.29, 1.82) is 0 Å². The monoisotopic (exact) mass is 318 g/mol. The van der Waals surface area contributed by atoms with Gasteiger partial charge in [-0.2, -0.15) is 0 Å². The lowest BCUT2D eigenvalue weighted by Gasteiger charge is -2.38. The fourth-order valence-electron chi connectivity index (χ4n) is 4.80. The van der Waals surface area contributed by atoms with Gasteiger partial charge in [-0.15, -0.1) is 0 Å². The molecule has 126 valence electrons. The zero-order valence-corrected chi connectivity index (χ0v) is 13.9. The third-order valence-electron chi connectivity index (χ3n) is 6.23. The Morgan fingerprint density at radius 2 is 1.39 bits per heavy atom. The predicted molar refractivity (Wildman–Crippen MR) is 91.4 cm³/mol. The van der Waals surface area contributed by atoms with Crippen molar-refractivity contribution < 1.29 is 8.78 Å². The van der Waals surface area contributed by atoms with Crippen LogP contribution in [0, 0.1) is 23.6 Å². The van der Waals surface area contributed by atoms with Gasteiger partial charge in [0, 0.05) is 0 Å². The first-order chi connectivity index (χ1) is 11.3. The molecule has 2 saturated carbocycles. The highest BCUT2D eigenvalue weighted by atomic mass is 19.1. The van der Waals surface area contributed by atoms with E-state index < -0.39 is 0 Å². The molecule has 23 heavy (non-hydrogen) atoms. The molecule has 0 atom stereocenters. The highest BCUT2D eigenvalue weighted by molar-refractivity contribution is 5.20. The van der Waals surface area contributed by atoms with Crippen molar-refractivity contribution in [1.82, 2.24) is 0 Å². The van der Waals surface area contributed by atoms with Gasteiger partial charge >= 0.3 is 0 Å². The van der Waals surface area contributed by atoms with Gasteiger partial charge in [0.2, 0.25) is 0 Å². The highest BCUT2D eigenvalue weighted by Gasteiger charge is 2.30. The van der Waals surface area contributed by atoms with Gasteiger partial charge in [0.15, 0.2) is 0 Å². The van der Waals surface area contributed by atoms with Gasteiger partial charge in [0.05, 0.1) is 6.33 Å². The van der Waals surface area contributed by atoms with Crippen LogP contribution in [0.5, 0.6) is 0 Å². The Morgan fingerprint density at radius 1 is 0.826 bits per heavy atom. The molecule has 0 unspecified atom stereocenters. The number of hydrogen-bond donors (Lipinski definition) is 0. The summed E-state index contributed by atoms with van der Waals surface area (Å²) in [6, 6.07) is 7.11. The zero-order valence-electron chi connectivity index (χ0n) is 13.9. The van der Waals surface area contributed by atoms with Crippen molar-refractivity contribution >= 4 is 0 Å². The molecule has 1 aromatic rings. The summed E-state index contributed by atoms with van der Waals surface area (Å²) in [5, 5.41) is 0. The SMILES string of the molecule is F/C=C/CC1CCC(C2CCC(c3ccc(F)cc3)CC2)CC1. The minimum absolute atomic E-state index is 0.137. The molecule has 0 N–H and O–H groups in total. The lowest BCUT2D eigenvalue weighted by Crippen LogP contribution is -2.25. The maximum absolute atomic E-state index is 13.0. The van der Waals surface area contributed by atoms with Crippen molar-refractivity contribution in [3.8, 4) is 0 Å². The summed E-state index contributed by atoms with van der Waals surface area (Å²) < 4.78 is 25.2. The molecule has 2 heteroatoms. The summed E-state index contributed by atoms with van der Waals surface area (Å²) >= 11 is 0. The van der Waals surface area contributed by atoms with E-state index in [1.165, 1.54) is 56.9 Å². The van der Waals surface area contributed by atoms with Gasteiger partial charge in [-0.3, -0.25) is 0 Å². The molecule has 2 aliphatic carbocycles. The van der Waals surface area contributed by atoms with Crippen molar-refractivity contribution in [2.24, 2.45) is 17.8 Å². The molecule has 0 radical (unpaired) electrons. The van der Waals surface area contributed by atoms with E-state index in [9.17, 15) is 8.78 Å². The Bertz CT molecular complexity index is 489. The van der Waals surface area contributed by atoms with Gasteiger partial charge in [0.25, 0.3) is 0 Å². The number of rotatable bonds is 4. The Hall–Kier alpha value is -1.18. The van der Waals surface area contributed by atoms with Crippen LogP contribution in [0.2, 0.25) is 0 Å². The van der Waals surface area contributed by atoms with E-state index in [-0.39, 0.29) is 5.82 Å². The van der Waals surface area contributed by atoms with Gasteiger partial charge in [-0.05, 0) is 99.2 Å². The lowest BCUT2D eigenvalue weighted by atomic mass is 9.68. The minimum atomic E-state index is -0.137. The van der Waals surface area contributed by atoms with Crippen LogP contribution >= 0.6 is 0 Å². The summed E-state index contributed by atoms with van der Waals surface area (Å²) in [5.41, 5.74) is 1.31. The summed E-state index contributed by atoms with van der Waals surface area (Å²) in [7, 11) is 0. The quantitative estimate of drug-likeness (QED) is 0.574. The third kappa shape index (κ3) is 4.43. The molecule has 0 amide bonds. The van der Waals surface area contributed by atoms with E-state index in [0.717, 1.165) is 18.3 Å². The average molecular weight is 318 g/mol. The molecule has 1 aromatic carbocycles. The normalized spacial score (nSPS) is 32.3. The average Bonchev–Trinajstić information content (AvgIpc) is 2.61. The second kappa shape index (κ2) is 8.08. The van der Waals surface area contributed by atoms with E-state index in [1.54, 1.807) is 18.2 Å². The molecule has 0 saturated heterocycles. The number of hydrogen-bond acceptors (Lipinski definition) is 0. The van der Waals surface area contributed by atoms with Crippen molar-refractivity contribution in [3.05, 3.63) is 48.1 Å². The fraction of sp³-hybridized carbons (Fsp3) is 0.619. The molecular formula is C21H28F2. The lowest BCUT2D eigenvalue weighted by molar-refractivity contribution is 0.160. The molecule has 0 heterocycles. The summed E-state index contributed by atoms with van der Waals surface area (Å²) in [4.78, 5) is 0. The Kier molecular flexibility index (Phi) is 5.85.